The number of Topliss-reactive ketones (excluding diaryl/α,β-unsaturated/α-hetero) is 1. The molecule has 1 aliphatic heterocycles. The molecular formula is C27H32N4O6. The first-order chi connectivity index (χ1) is 17.6. The first-order valence-corrected chi connectivity index (χ1v) is 11.8. The summed E-state index contributed by atoms with van der Waals surface area (Å²) in [6, 6.07) is 6.29. The van der Waals surface area contributed by atoms with Crippen LogP contribution in [-0.2, 0) is 9.59 Å². The van der Waals surface area contributed by atoms with Crippen molar-refractivity contribution < 1.29 is 28.9 Å². The number of rotatable bonds is 8. The van der Waals surface area contributed by atoms with Gasteiger partial charge in [0.05, 0.1) is 38.6 Å². The van der Waals surface area contributed by atoms with Crippen LogP contribution in [0.4, 0.5) is 0 Å². The number of likely N-dealkylation sites (N-methyl/N-ethyl adjacent to an activating group) is 1. The normalized spacial score (nSPS) is 17.2. The molecule has 0 radical (unpaired) electrons. The lowest BCUT2D eigenvalue weighted by Gasteiger charge is -2.27. The van der Waals surface area contributed by atoms with Crippen LogP contribution in [0, 0.1) is 13.8 Å². The molecule has 0 spiro atoms. The van der Waals surface area contributed by atoms with Crippen molar-refractivity contribution in [2.45, 2.75) is 19.9 Å². The number of aromatic nitrogens is 2. The number of ether oxygens (including phenoxy) is 3. The van der Waals surface area contributed by atoms with Gasteiger partial charge in [0.25, 0.3) is 11.7 Å². The average Bonchev–Trinajstić information content (AvgIpc) is 3.35. The third-order valence-electron chi connectivity index (χ3n) is 6.64. The van der Waals surface area contributed by atoms with E-state index < -0.39 is 17.7 Å². The number of aryl methyl sites for hydroxylation is 2. The lowest BCUT2D eigenvalue weighted by atomic mass is 9.95. The summed E-state index contributed by atoms with van der Waals surface area (Å²) < 4.78 is 18.3. The Balaban J connectivity index is 1.98. The Kier molecular flexibility index (Phi) is 7.13. The molecule has 1 amide bonds. The molecule has 1 unspecified atom stereocenters. The van der Waals surface area contributed by atoms with Crippen LogP contribution in [0.1, 0.15) is 28.6 Å². The SMILES string of the molecule is COc1cc(C2C(=C(O)c3nc4c(C)cccn4c3C)C(=O)C(=O)N2CCN(C)C)cc(OC)c1OC. The van der Waals surface area contributed by atoms with Crippen LogP contribution in [0.3, 0.4) is 0 Å². The van der Waals surface area contributed by atoms with Crippen molar-refractivity contribution in [3.63, 3.8) is 0 Å². The van der Waals surface area contributed by atoms with Crippen molar-refractivity contribution in [1.82, 2.24) is 19.2 Å². The number of benzene rings is 1. The highest BCUT2D eigenvalue weighted by Crippen LogP contribution is 2.45. The summed E-state index contributed by atoms with van der Waals surface area (Å²) in [5.41, 5.74) is 2.97. The highest BCUT2D eigenvalue weighted by molar-refractivity contribution is 6.46. The third kappa shape index (κ3) is 4.37. The molecule has 2 aromatic heterocycles. The fourth-order valence-electron chi connectivity index (χ4n) is 4.70. The minimum absolute atomic E-state index is 0.0396. The van der Waals surface area contributed by atoms with E-state index in [1.54, 1.807) is 12.1 Å². The van der Waals surface area contributed by atoms with Crippen LogP contribution in [0.5, 0.6) is 17.2 Å². The molecule has 0 bridgehead atoms. The molecular weight excluding hydrogens is 476 g/mol. The number of likely N-dealkylation sites (tertiary alicyclic amines) is 1. The standard InChI is InChI=1S/C27H32N4O6/c1-15-9-8-10-30-16(2)21(28-26(15)30)23(32)20-22(31(12-11-29(3)4)27(34)24(20)33)17-13-18(35-5)25(37-7)19(14-17)36-6/h8-10,13-14,22,32H,11-12H2,1-7H3. The second-order valence-corrected chi connectivity index (χ2v) is 9.19. The number of methoxy groups -OCH3 is 3. The zero-order chi connectivity index (χ0) is 27.0. The van der Waals surface area contributed by atoms with E-state index in [0.29, 0.717) is 40.7 Å². The fraction of sp³-hybridized carbons (Fsp3) is 0.370. The molecule has 1 atom stereocenters. The maximum atomic E-state index is 13.4. The molecule has 0 aliphatic carbocycles. The zero-order valence-corrected chi connectivity index (χ0v) is 22.2. The van der Waals surface area contributed by atoms with Gasteiger partial charge in [0.2, 0.25) is 5.75 Å². The highest BCUT2D eigenvalue weighted by atomic mass is 16.5. The Bertz CT molecular complexity index is 1380. The lowest BCUT2D eigenvalue weighted by Crippen LogP contribution is -2.35. The van der Waals surface area contributed by atoms with Gasteiger partial charge in [0, 0.05) is 19.3 Å². The number of imidazole rings is 1. The molecule has 1 aliphatic rings. The van der Waals surface area contributed by atoms with Gasteiger partial charge in [-0.25, -0.2) is 4.98 Å². The maximum absolute atomic E-state index is 13.4. The van der Waals surface area contributed by atoms with Gasteiger partial charge < -0.3 is 33.5 Å². The molecule has 1 aromatic carbocycles. The van der Waals surface area contributed by atoms with Crippen LogP contribution in [0.15, 0.2) is 36.0 Å². The number of ketones is 1. The van der Waals surface area contributed by atoms with Crippen molar-refractivity contribution in [2.24, 2.45) is 0 Å². The molecule has 1 fully saturated rings. The molecule has 3 aromatic rings. The van der Waals surface area contributed by atoms with Gasteiger partial charge in [-0.2, -0.15) is 0 Å². The predicted octanol–water partition coefficient (Wildman–Crippen LogP) is 2.96. The minimum Gasteiger partial charge on any atom is -0.505 e. The van der Waals surface area contributed by atoms with Crippen LogP contribution in [0.2, 0.25) is 0 Å². The molecule has 10 nitrogen and oxygen atoms in total. The van der Waals surface area contributed by atoms with Gasteiger partial charge in [-0.05, 0) is 57.3 Å². The van der Waals surface area contributed by atoms with Crippen LogP contribution in [-0.4, -0.2) is 84.5 Å². The summed E-state index contributed by atoms with van der Waals surface area (Å²) in [6.07, 6.45) is 1.84. The summed E-state index contributed by atoms with van der Waals surface area (Å²) in [7, 11) is 8.25. The first-order valence-electron chi connectivity index (χ1n) is 11.8. The molecule has 37 heavy (non-hydrogen) atoms. The monoisotopic (exact) mass is 508 g/mol. The van der Waals surface area contributed by atoms with E-state index in [2.05, 4.69) is 4.98 Å². The smallest absolute Gasteiger partial charge is 0.295 e. The average molecular weight is 509 g/mol. The predicted molar refractivity (Wildman–Crippen MR) is 138 cm³/mol. The number of hydrogen-bond acceptors (Lipinski definition) is 8. The Morgan fingerprint density at radius 1 is 1.08 bits per heavy atom. The number of aliphatic hydroxyl groups excluding tert-OH is 1. The minimum atomic E-state index is -0.890. The third-order valence-corrected chi connectivity index (χ3v) is 6.64. The van der Waals surface area contributed by atoms with Crippen molar-refractivity contribution in [1.29, 1.82) is 0 Å². The number of carbonyl (C=O) groups is 2. The quantitative estimate of drug-likeness (QED) is 0.281. The molecule has 196 valence electrons. The van der Waals surface area contributed by atoms with E-state index in [0.717, 1.165) is 5.56 Å². The fourth-order valence-corrected chi connectivity index (χ4v) is 4.70. The number of carbonyl (C=O) groups excluding carboxylic acids is 2. The maximum Gasteiger partial charge on any atom is 0.295 e. The number of pyridine rings is 1. The molecule has 10 heteroatoms. The Hall–Kier alpha value is -4.05. The van der Waals surface area contributed by atoms with Gasteiger partial charge >= 0.3 is 0 Å². The molecule has 0 saturated carbocycles. The van der Waals surface area contributed by atoms with E-state index in [1.165, 1.54) is 26.2 Å². The van der Waals surface area contributed by atoms with E-state index in [9.17, 15) is 14.7 Å². The second kappa shape index (κ2) is 10.1. The topological polar surface area (TPSA) is 106 Å². The summed E-state index contributed by atoms with van der Waals surface area (Å²) in [5, 5.41) is 11.6. The summed E-state index contributed by atoms with van der Waals surface area (Å²) in [6.45, 7) is 4.51. The number of hydrogen-bond donors (Lipinski definition) is 1. The highest BCUT2D eigenvalue weighted by Gasteiger charge is 2.47. The van der Waals surface area contributed by atoms with E-state index in [4.69, 9.17) is 14.2 Å². The lowest BCUT2D eigenvalue weighted by molar-refractivity contribution is -0.140. The Morgan fingerprint density at radius 2 is 1.73 bits per heavy atom. The van der Waals surface area contributed by atoms with Crippen LogP contribution < -0.4 is 14.2 Å². The second-order valence-electron chi connectivity index (χ2n) is 9.19. The summed E-state index contributed by atoms with van der Waals surface area (Å²) >= 11 is 0. The van der Waals surface area contributed by atoms with Gasteiger partial charge in [-0.3, -0.25) is 9.59 Å². The largest absolute Gasteiger partial charge is 0.505 e. The number of fused-ring (bicyclic) bond motifs is 1. The van der Waals surface area contributed by atoms with Crippen LogP contribution in [0.25, 0.3) is 11.4 Å². The summed E-state index contributed by atoms with van der Waals surface area (Å²) in [4.78, 5) is 34.7. The Labute approximate surface area is 215 Å². The first kappa shape index (κ1) is 26.0. The van der Waals surface area contributed by atoms with Gasteiger partial charge in [0.15, 0.2) is 17.3 Å². The molecule has 3 heterocycles. The molecule has 4 rings (SSSR count). The zero-order valence-electron chi connectivity index (χ0n) is 22.2. The van der Waals surface area contributed by atoms with Gasteiger partial charge in [-0.1, -0.05) is 6.07 Å². The van der Waals surface area contributed by atoms with Crippen molar-refractivity contribution in [2.75, 3.05) is 48.5 Å². The van der Waals surface area contributed by atoms with Gasteiger partial charge in [-0.15, -0.1) is 0 Å². The van der Waals surface area contributed by atoms with Crippen LogP contribution >= 0.6 is 0 Å². The van der Waals surface area contributed by atoms with Gasteiger partial charge in [0.1, 0.15) is 11.3 Å². The van der Waals surface area contributed by atoms with E-state index in [-0.39, 0.29) is 23.6 Å². The number of amides is 1. The molecule has 1 N–H and O–H groups in total. The van der Waals surface area contributed by atoms with Crippen molar-refractivity contribution in [3.8, 4) is 17.2 Å². The number of nitrogens with zero attached hydrogens (tertiary/aromatic N) is 4. The van der Waals surface area contributed by atoms with Crippen molar-refractivity contribution >= 4 is 23.1 Å². The number of aliphatic hydroxyl groups is 1. The summed E-state index contributed by atoms with van der Waals surface area (Å²) in [5.74, 6) is -0.678. The molecule has 1 saturated heterocycles. The van der Waals surface area contributed by atoms with E-state index in [1.807, 2.05) is 55.6 Å². The Morgan fingerprint density at radius 3 is 2.27 bits per heavy atom. The van der Waals surface area contributed by atoms with Crippen molar-refractivity contribution in [3.05, 3.63) is 58.6 Å². The van der Waals surface area contributed by atoms with E-state index >= 15 is 0 Å².